The molecule has 0 spiro atoms. The van der Waals surface area contributed by atoms with Crippen molar-refractivity contribution in [3.63, 3.8) is 0 Å². The first-order valence-electron chi connectivity index (χ1n) is 12.8. The molecule has 0 aliphatic carbocycles. The predicted octanol–water partition coefficient (Wildman–Crippen LogP) is 6.06. The molecule has 0 amide bonds. The van der Waals surface area contributed by atoms with Crippen molar-refractivity contribution in [2.24, 2.45) is 5.11 Å². The van der Waals surface area contributed by atoms with Crippen molar-refractivity contribution >= 4 is 58.6 Å². The van der Waals surface area contributed by atoms with Gasteiger partial charge in [-0.2, -0.15) is 0 Å². The van der Waals surface area contributed by atoms with E-state index in [2.05, 4.69) is 10.0 Å². The number of nitrogens with one attached hydrogen (secondary N) is 1. The summed E-state index contributed by atoms with van der Waals surface area (Å²) in [6.45, 7) is -0.469. The summed E-state index contributed by atoms with van der Waals surface area (Å²) >= 11 is 17.5. The molecule has 1 aliphatic heterocycles. The van der Waals surface area contributed by atoms with Crippen LogP contribution in [0.5, 0.6) is 0 Å². The molecule has 3 aromatic carbocycles. The van der Waals surface area contributed by atoms with Gasteiger partial charge < -0.3 is 23.7 Å². The van der Waals surface area contributed by atoms with Crippen molar-refractivity contribution in [2.75, 3.05) is 6.54 Å². The van der Waals surface area contributed by atoms with Crippen molar-refractivity contribution < 1.29 is 38.1 Å². The lowest BCUT2D eigenvalue weighted by Crippen LogP contribution is -2.63. The number of esters is 3. The smallest absolute Gasteiger partial charge is 0.338 e. The Bertz CT molecular complexity index is 1520. The monoisotopic (exact) mass is 660 g/mol. The van der Waals surface area contributed by atoms with Crippen LogP contribution in [0.2, 0.25) is 0 Å². The van der Waals surface area contributed by atoms with Crippen molar-refractivity contribution in [1.82, 2.24) is 0 Å². The van der Waals surface area contributed by atoms with Crippen LogP contribution in [0.25, 0.3) is 10.4 Å². The Hall–Kier alpha value is -4.32. The van der Waals surface area contributed by atoms with Crippen LogP contribution in [0.3, 0.4) is 0 Å². The number of azide groups is 1. The van der Waals surface area contributed by atoms with Crippen LogP contribution in [-0.2, 0) is 23.7 Å². The summed E-state index contributed by atoms with van der Waals surface area (Å²) in [4.78, 5) is 42.6. The third-order valence-corrected chi connectivity index (χ3v) is 6.68. The summed E-state index contributed by atoms with van der Waals surface area (Å²) < 4.78 is 26.4. The van der Waals surface area contributed by atoms with Crippen molar-refractivity contribution in [3.05, 3.63) is 118 Å². The normalized spacial score (nSPS) is 21.2. The zero-order valence-electron chi connectivity index (χ0n) is 22.5. The van der Waals surface area contributed by atoms with Gasteiger partial charge in [-0.05, 0) is 41.9 Å². The van der Waals surface area contributed by atoms with E-state index < -0.39 is 64.8 Å². The number of benzene rings is 3. The molecular weight excluding hydrogens is 639 g/mol. The van der Waals surface area contributed by atoms with Crippen LogP contribution in [0.15, 0.2) is 96.1 Å². The first-order valence-corrected chi connectivity index (χ1v) is 14.0. The molecule has 5 atom stereocenters. The number of alkyl halides is 3. The summed E-state index contributed by atoms with van der Waals surface area (Å²) in [7, 11) is 0. The Kier molecular flexibility index (Phi) is 11.0. The second-order valence-electron chi connectivity index (χ2n) is 9.11. The van der Waals surface area contributed by atoms with Crippen LogP contribution in [0, 0.1) is 5.41 Å². The van der Waals surface area contributed by atoms with E-state index in [0.717, 1.165) is 0 Å². The molecular formula is C29H23Cl3N4O8. The van der Waals surface area contributed by atoms with Gasteiger partial charge in [-0.25, -0.2) is 14.4 Å². The van der Waals surface area contributed by atoms with Crippen molar-refractivity contribution in [1.29, 1.82) is 5.41 Å². The number of carbonyl (C=O) groups excluding carboxylic acids is 3. The minimum absolute atomic E-state index is 0.102. The number of hydrogen-bond acceptors (Lipinski definition) is 10. The average Bonchev–Trinajstić information content (AvgIpc) is 3.03. The van der Waals surface area contributed by atoms with Gasteiger partial charge in [-0.1, -0.05) is 94.5 Å². The topological polar surface area (TPSA) is 170 Å². The number of hydrogen-bond donors (Lipinski definition) is 1. The van der Waals surface area contributed by atoms with E-state index in [1.165, 1.54) is 36.4 Å². The molecule has 1 saturated heterocycles. The Labute approximate surface area is 265 Å². The van der Waals surface area contributed by atoms with Crippen LogP contribution in [0.4, 0.5) is 0 Å². The van der Waals surface area contributed by atoms with E-state index in [1.54, 1.807) is 54.6 Å². The molecule has 12 nitrogen and oxygen atoms in total. The number of rotatable bonds is 9. The van der Waals surface area contributed by atoms with Gasteiger partial charge in [-0.3, -0.25) is 5.41 Å². The zero-order chi connectivity index (χ0) is 31.7. The van der Waals surface area contributed by atoms with E-state index >= 15 is 0 Å². The van der Waals surface area contributed by atoms with Crippen LogP contribution >= 0.6 is 34.8 Å². The minimum atomic E-state index is -2.37. The van der Waals surface area contributed by atoms with Gasteiger partial charge in [0.15, 0.2) is 12.2 Å². The SMILES string of the molecule is [N-]=[N+]=NC[C@H]1O[C@H](OC(=N)C(Cl)(Cl)Cl)[C@@H](OC(=O)c2ccccc2)[C@@H](OC(=O)c2ccccc2)[C@@H]1OC(=O)c1ccccc1. The van der Waals surface area contributed by atoms with Crippen LogP contribution in [0.1, 0.15) is 31.1 Å². The van der Waals surface area contributed by atoms with E-state index in [9.17, 15) is 14.4 Å². The summed E-state index contributed by atoms with van der Waals surface area (Å²) in [5.41, 5.74) is 9.39. The Morgan fingerprint density at radius 2 is 1.14 bits per heavy atom. The Balaban J connectivity index is 1.80. The maximum absolute atomic E-state index is 13.4. The highest BCUT2D eigenvalue weighted by molar-refractivity contribution is 6.76. The second-order valence-corrected chi connectivity index (χ2v) is 11.4. The van der Waals surface area contributed by atoms with Gasteiger partial charge in [0.25, 0.3) is 3.79 Å². The third-order valence-electron chi connectivity index (χ3n) is 6.17. The lowest BCUT2D eigenvalue weighted by atomic mass is 9.97. The van der Waals surface area contributed by atoms with Gasteiger partial charge >= 0.3 is 17.9 Å². The fourth-order valence-electron chi connectivity index (χ4n) is 4.12. The molecule has 1 aliphatic rings. The number of ether oxygens (including phenoxy) is 5. The van der Waals surface area contributed by atoms with Crippen molar-refractivity contribution in [3.8, 4) is 0 Å². The molecule has 1 heterocycles. The molecule has 3 aromatic rings. The second kappa shape index (κ2) is 14.9. The maximum Gasteiger partial charge on any atom is 0.338 e. The number of nitrogens with zero attached hydrogens (tertiary/aromatic N) is 3. The fourth-order valence-corrected chi connectivity index (χ4v) is 4.25. The Morgan fingerprint density at radius 1 is 0.727 bits per heavy atom. The number of carbonyl (C=O) groups is 3. The standard InChI is InChI=1S/C29H23Cl3N4O8/c30-29(31,32)28(33)44-27-23(43-26(39)19-14-8-3-9-15-19)22(42-25(38)18-12-6-2-7-13-18)21(20(40-27)16-35-36-34)41-24(37)17-10-4-1-5-11-17/h1-15,20-23,27,33H,16H2/t20-,21-,22+,23+,27-/m1/s1. The van der Waals surface area contributed by atoms with Gasteiger partial charge in [0.05, 0.1) is 23.2 Å². The van der Waals surface area contributed by atoms with E-state index in [-0.39, 0.29) is 16.7 Å². The summed E-state index contributed by atoms with van der Waals surface area (Å²) in [5.74, 6) is -3.58. The van der Waals surface area contributed by atoms with E-state index in [0.29, 0.717) is 0 Å². The highest BCUT2D eigenvalue weighted by Gasteiger charge is 2.54. The third kappa shape index (κ3) is 8.40. The van der Waals surface area contributed by atoms with Crippen molar-refractivity contribution in [2.45, 2.75) is 34.5 Å². The molecule has 1 fully saturated rings. The molecule has 1 N–H and O–H groups in total. The van der Waals surface area contributed by atoms with Gasteiger partial charge in [0.1, 0.15) is 6.10 Å². The molecule has 15 heteroatoms. The molecule has 0 unspecified atom stereocenters. The van der Waals surface area contributed by atoms with E-state index in [1.807, 2.05) is 0 Å². The first-order chi connectivity index (χ1) is 21.1. The van der Waals surface area contributed by atoms with Crippen LogP contribution < -0.4 is 0 Å². The largest absolute Gasteiger partial charge is 0.452 e. The molecule has 4 rings (SSSR count). The Morgan fingerprint density at radius 3 is 1.55 bits per heavy atom. The van der Waals surface area contributed by atoms with Crippen LogP contribution in [-0.4, -0.2) is 64.8 Å². The fraction of sp³-hybridized carbons (Fsp3) is 0.241. The minimum Gasteiger partial charge on any atom is -0.452 e. The van der Waals surface area contributed by atoms with Gasteiger partial charge in [0.2, 0.25) is 18.3 Å². The lowest BCUT2D eigenvalue weighted by Gasteiger charge is -2.44. The molecule has 44 heavy (non-hydrogen) atoms. The van der Waals surface area contributed by atoms with Gasteiger partial charge in [-0.15, -0.1) is 0 Å². The molecule has 0 aromatic heterocycles. The molecule has 228 valence electrons. The summed E-state index contributed by atoms with van der Waals surface area (Å²) in [6.07, 6.45) is -8.02. The summed E-state index contributed by atoms with van der Waals surface area (Å²) in [5, 5.41) is 11.6. The molecule has 0 radical (unpaired) electrons. The average molecular weight is 662 g/mol. The van der Waals surface area contributed by atoms with E-state index in [4.69, 9.17) is 69.4 Å². The highest BCUT2D eigenvalue weighted by atomic mass is 35.6. The quantitative estimate of drug-likeness (QED) is 0.0421. The maximum atomic E-state index is 13.4. The molecule has 0 bridgehead atoms. The summed E-state index contributed by atoms with van der Waals surface area (Å²) in [6, 6.07) is 23.5. The lowest BCUT2D eigenvalue weighted by molar-refractivity contribution is -0.272. The molecule has 0 saturated carbocycles. The number of halogens is 3. The zero-order valence-corrected chi connectivity index (χ0v) is 24.8. The van der Waals surface area contributed by atoms with Gasteiger partial charge in [0, 0.05) is 4.91 Å². The highest BCUT2D eigenvalue weighted by Crippen LogP contribution is 2.34. The first kappa shape index (κ1) is 32.6. The predicted molar refractivity (Wildman–Crippen MR) is 159 cm³/mol.